The number of amides is 1. The Hall–Kier alpha value is -1.13. The molecule has 1 aromatic carbocycles. The highest BCUT2D eigenvalue weighted by atomic mass is 35.5. The van der Waals surface area contributed by atoms with Gasteiger partial charge in [-0.15, -0.1) is 0 Å². The van der Waals surface area contributed by atoms with E-state index in [9.17, 15) is 9.18 Å². The molecule has 0 bridgehead atoms. The van der Waals surface area contributed by atoms with Crippen molar-refractivity contribution in [3.8, 4) is 0 Å². The van der Waals surface area contributed by atoms with Crippen molar-refractivity contribution in [2.45, 2.75) is 52.1 Å². The summed E-state index contributed by atoms with van der Waals surface area (Å²) in [5, 5.41) is 3.44. The van der Waals surface area contributed by atoms with Crippen LogP contribution in [0.2, 0.25) is 5.02 Å². The molecule has 142 valence electrons. The maximum atomic E-state index is 14.0. The summed E-state index contributed by atoms with van der Waals surface area (Å²) < 4.78 is 14.0. The third kappa shape index (κ3) is 2.95. The van der Waals surface area contributed by atoms with Crippen molar-refractivity contribution in [3.63, 3.8) is 0 Å². The summed E-state index contributed by atoms with van der Waals surface area (Å²) in [7, 11) is 0. The van der Waals surface area contributed by atoms with E-state index in [2.05, 4.69) is 31.0 Å². The first-order valence-corrected chi connectivity index (χ1v) is 10.2. The molecule has 26 heavy (non-hydrogen) atoms. The van der Waals surface area contributed by atoms with Crippen LogP contribution in [-0.4, -0.2) is 29.9 Å². The number of likely N-dealkylation sites (N-methyl/N-ethyl adjacent to an activating group) is 1. The Morgan fingerprint density at radius 2 is 2.04 bits per heavy atom. The summed E-state index contributed by atoms with van der Waals surface area (Å²) in [6.45, 7) is 8.54. The number of carbonyl (C=O) groups is 1. The summed E-state index contributed by atoms with van der Waals surface area (Å²) in [5.41, 5.74) is 1.33. The van der Waals surface area contributed by atoms with E-state index in [-0.39, 0.29) is 28.9 Å². The van der Waals surface area contributed by atoms with Crippen molar-refractivity contribution in [2.75, 3.05) is 13.1 Å². The number of rotatable bonds is 4. The van der Waals surface area contributed by atoms with Crippen molar-refractivity contribution in [2.24, 2.45) is 23.2 Å². The molecule has 3 aliphatic rings. The lowest BCUT2D eigenvalue weighted by Crippen LogP contribution is -2.42. The quantitative estimate of drug-likeness (QED) is 0.841. The van der Waals surface area contributed by atoms with Crippen LogP contribution in [0.1, 0.15) is 51.6 Å². The largest absolute Gasteiger partial charge is 0.351 e. The highest BCUT2D eigenvalue weighted by molar-refractivity contribution is 6.30. The number of hydrogen-bond acceptors (Lipinski definition) is 2. The summed E-state index contributed by atoms with van der Waals surface area (Å²) in [4.78, 5) is 15.2. The first-order chi connectivity index (χ1) is 12.3. The summed E-state index contributed by atoms with van der Waals surface area (Å²) in [6, 6.07) is 5.07. The van der Waals surface area contributed by atoms with Crippen LogP contribution in [-0.2, 0) is 4.79 Å². The van der Waals surface area contributed by atoms with Gasteiger partial charge in [-0.3, -0.25) is 9.69 Å². The van der Waals surface area contributed by atoms with Gasteiger partial charge in [-0.2, -0.15) is 0 Å². The Balaban J connectivity index is 1.46. The smallest absolute Gasteiger partial charge is 0.223 e. The van der Waals surface area contributed by atoms with Crippen molar-refractivity contribution < 1.29 is 9.18 Å². The molecule has 0 spiro atoms. The van der Waals surface area contributed by atoms with Gasteiger partial charge in [-0.1, -0.05) is 38.4 Å². The van der Waals surface area contributed by atoms with E-state index in [1.807, 2.05) is 6.07 Å². The maximum Gasteiger partial charge on any atom is 0.223 e. The SMILES string of the molecule is CCN1CC[C@@H](NC(=O)C2C[C@@H]3[C@H](C2)C3(C)C)[C@@H]1c1ccc(Cl)c(F)c1. The molecule has 1 heterocycles. The van der Waals surface area contributed by atoms with Gasteiger partial charge >= 0.3 is 0 Å². The third-order valence-corrected chi connectivity index (χ3v) is 7.56. The number of nitrogens with one attached hydrogen (secondary N) is 1. The molecule has 1 amide bonds. The molecule has 1 saturated heterocycles. The molecule has 1 aromatic rings. The summed E-state index contributed by atoms with van der Waals surface area (Å²) in [6.07, 6.45) is 2.95. The Labute approximate surface area is 160 Å². The van der Waals surface area contributed by atoms with Gasteiger partial charge in [-0.25, -0.2) is 4.39 Å². The van der Waals surface area contributed by atoms with Gasteiger partial charge in [0.15, 0.2) is 0 Å². The molecule has 3 nitrogen and oxygen atoms in total. The predicted molar refractivity (Wildman–Crippen MR) is 101 cm³/mol. The molecule has 2 saturated carbocycles. The second-order valence-electron chi connectivity index (χ2n) is 8.85. The molecule has 5 heteroatoms. The Bertz CT molecular complexity index is 708. The predicted octanol–water partition coefficient (Wildman–Crippen LogP) is 4.41. The maximum absolute atomic E-state index is 14.0. The molecule has 0 aromatic heterocycles. The van der Waals surface area contributed by atoms with E-state index in [4.69, 9.17) is 11.6 Å². The fraction of sp³-hybridized carbons (Fsp3) is 0.667. The molecule has 1 aliphatic heterocycles. The number of halogens is 2. The molecule has 4 rings (SSSR count). The zero-order valence-electron chi connectivity index (χ0n) is 15.8. The molecule has 0 radical (unpaired) electrons. The van der Waals surface area contributed by atoms with Gasteiger partial charge in [0.2, 0.25) is 5.91 Å². The minimum Gasteiger partial charge on any atom is -0.351 e. The van der Waals surface area contributed by atoms with Gasteiger partial charge in [0.1, 0.15) is 5.82 Å². The van der Waals surface area contributed by atoms with Crippen LogP contribution >= 0.6 is 11.6 Å². The van der Waals surface area contributed by atoms with Crippen molar-refractivity contribution in [3.05, 3.63) is 34.6 Å². The fourth-order valence-electron chi connectivity index (χ4n) is 5.52. The fourth-order valence-corrected chi connectivity index (χ4v) is 5.64. The molecule has 5 atom stereocenters. The zero-order chi connectivity index (χ0) is 18.6. The summed E-state index contributed by atoms with van der Waals surface area (Å²) in [5.74, 6) is 1.38. The topological polar surface area (TPSA) is 32.3 Å². The molecule has 2 aliphatic carbocycles. The van der Waals surface area contributed by atoms with Crippen molar-refractivity contribution >= 4 is 17.5 Å². The monoisotopic (exact) mass is 378 g/mol. The highest BCUT2D eigenvalue weighted by Gasteiger charge is 2.63. The van der Waals surface area contributed by atoms with Crippen LogP contribution in [0.4, 0.5) is 4.39 Å². The van der Waals surface area contributed by atoms with Crippen LogP contribution in [0.3, 0.4) is 0 Å². The minimum atomic E-state index is -0.393. The van der Waals surface area contributed by atoms with Gasteiger partial charge in [0, 0.05) is 18.5 Å². The van der Waals surface area contributed by atoms with E-state index < -0.39 is 5.82 Å². The first kappa shape index (κ1) is 18.2. The van der Waals surface area contributed by atoms with Crippen LogP contribution in [0.25, 0.3) is 0 Å². The number of nitrogens with zero attached hydrogens (tertiary/aromatic N) is 1. The minimum absolute atomic E-state index is 0.0168. The second kappa shape index (κ2) is 6.49. The molecule has 1 unspecified atom stereocenters. The highest BCUT2D eigenvalue weighted by Crippen LogP contribution is 2.68. The average molecular weight is 379 g/mol. The number of fused-ring (bicyclic) bond motifs is 1. The zero-order valence-corrected chi connectivity index (χ0v) is 16.5. The van der Waals surface area contributed by atoms with Gasteiger partial charge in [0.25, 0.3) is 0 Å². The van der Waals surface area contributed by atoms with E-state index in [0.29, 0.717) is 5.41 Å². The van der Waals surface area contributed by atoms with E-state index in [1.54, 1.807) is 6.07 Å². The molecule has 1 N–H and O–H groups in total. The Morgan fingerprint density at radius 1 is 1.35 bits per heavy atom. The Morgan fingerprint density at radius 3 is 2.65 bits per heavy atom. The molecular formula is C21H28ClFN2O. The van der Waals surface area contributed by atoms with Crippen LogP contribution in [0.15, 0.2) is 18.2 Å². The Kier molecular flexibility index (Phi) is 4.55. The molecular weight excluding hydrogens is 351 g/mol. The third-order valence-electron chi connectivity index (χ3n) is 7.26. The number of benzene rings is 1. The standard InChI is InChI=1S/C21H28ClFN2O/c1-4-25-8-7-18(19(25)12-5-6-16(22)17(23)11-12)24-20(26)13-9-14-15(10-13)21(14,2)3/h5-6,11,13-15,18-19H,4,7-10H2,1-3H3,(H,24,26)/t13?,14-,15+,18-,19+/m1/s1. The van der Waals surface area contributed by atoms with Crippen LogP contribution in [0, 0.1) is 29.0 Å². The molecule has 3 fully saturated rings. The average Bonchev–Trinajstić information content (AvgIpc) is 3.02. The van der Waals surface area contributed by atoms with E-state index in [1.165, 1.54) is 6.07 Å². The second-order valence-corrected chi connectivity index (χ2v) is 9.26. The number of carbonyl (C=O) groups excluding carboxylic acids is 1. The van der Waals surface area contributed by atoms with E-state index in [0.717, 1.165) is 49.8 Å². The lowest BCUT2D eigenvalue weighted by molar-refractivity contribution is -0.126. The van der Waals surface area contributed by atoms with E-state index >= 15 is 0 Å². The van der Waals surface area contributed by atoms with Crippen LogP contribution < -0.4 is 5.32 Å². The van der Waals surface area contributed by atoms with Gasteiger partial charge in [0.05, 0.1) is 11.1 Å². The van der Waals surface area contributed by atoms with Crippen molar-refractivity contribution in [1.82, 2.24) is 10.2 Å². The lowest BCUT2D eigenvalue weighted by atomic mass is 9.92. The summed E-state index contributed by atoms with van der Waals surface area (Å²) >= 11 is 5.85. The number of likely N-dealkylation sites (tertiary alicyclic amines) is 1. The van der Waals surface area contributed by atoms with Gasteiger partial charge < -0.3 is 5.32 Å². The van der Waals surface area contributed by atoms with Crippen LogP contribution in [0.5, 0.6) is 0 Å². The van der Waals surface area contributed by atoms with Gasteiger partial charge in [-0.05, 0) is 60.8 Å². The van der Waals surface area contributed by atoms with Crippen molar-refractivity contribution in [1.29, 1.82) is 0 Å². The first-order valence-electron chi connectivity index (χ1n) is 9.82. The lowest BCUT2D eigenvalue weighted by Gasteiger charge is -2.29. The normalized spacial score (nSPS) is 35.3. The number of hydrogen-bond donors (Lipinski definition) is 1.